The van der Waals surface area contributed by atoms with E-state index in [9.17, 15) is 18.0 Å². The van der Waals surface area contributed by atoms with Crippen molar-refractivity contribution in [2.75, 3.05) is 20.5 Å². The maximum Gasteiger partial charge on any atom is 0.219 e. The highest BCUT2D eigenvalue weighted by Gasteiger charge is 2.61. The van der Waals surface area contributed by atoms with Gasteiger partial charge in [-0.15, -0.1) is 0 Å². The van der Waals surface area contributed by atoms with Gasteiger partial charge in [0.05, 0.1) is 19.1 Å². The Morgan fingerprint density at radius 2 is 1.85 bits per heavy atom. The highest BCUT2D eigenvalue weighted by molar-refractivity contribution is 7.94. The standard InChI is InChI=1S/C17H17ClO7S/c1-8-5-9(19)6-12(26(4,21)22)17(8)16(20)13-10(23-2)7-11(24-3)14(18)15(13)25-17/h6-8H,5H2,1-4H3/t8-,17+/m1/s1. The summed E-state index contributed by atoms with van der Waals surface area (Å²) in [5, 5.41) is 0.0328. The number of ether oxygens (including phenoxy) is 3. The number of sulfone groups is 1. The van der Waals surface area contributed by atoms with Crippen molar-refractivity contribution in [2.45, 2.75) is 18.9 Å². The third-order valence-corrected chi connectivity index (χ3v) is 6.26. The number of hydrogen-bond donors (Lipinski definition) is 0. The van der Waals surface area contributed by atoms with Crippen molar-refractivity contribution in [1.82, 2.24) is 0 Å². The fraction of sp³-hybridized carbons (Fsp3) is 0.412. The van der Waals surface area contributed by atoms with Crippen LogP contribution in [0, 0.1) is 5.92 Å². The third-order valence-electron chi connectivity index (χ3n) is 4.68. The van der Waals surface area contributed by atoms with Gasteiger partial charge in [0, 0.05) is 30.7 Å². The van der Waals surface area contributed by atoms with Crippen molar-refractivity contribution < 1.29 is 32.2 Å². The second-order valence-corrected chi connectivity index (χ2v) is 8.68. The number of methoxy groups -OCH3 is 2. The van der Waals surface area contributed by atoms with E-state index in [1.807, 2.05) is 0 Å². The van der Waals surface area contributed by atoms with Gasteiger partial charge in [-0.1, -0.05) is 18.5 Å². The largest absolute Gasteiger partial charge is 0.496 e. The minimum Gasteiger partial charge on any atom is -0.496 e. The lowest BCUT2D eigenvalue weighted by Gasteiger charge is -2.36. The summed E-state index contributed by atoms with van der Waals surface area (Å²) >= 11 is 6.30. The maximum absolute atomic E-state index is 13.4. The molecule has 2 atom stereocenters. The summed E-state index contributed by atoms with van der Waals surface area (Å²) in [6, 6.07) is 1.43. The monoisotopic (exact) mass is 400 g/mol. The highest BCUT2D eigenvalue weighted by atomic mass is 35.5. The molecule has 0 saturated heterocycles. The smallest absolute Gasteiger partial charge is 0.219 e. The van der Waals surface area contributed by atoms with E-state index in [2.05, 4.69) is 0 Å². The number of carbonyl (C=O) groups excluding carboxylic acids is 2. The van der Waals surface area contributed by atoms with Crippen LogP contribution in [-0.2, 0) is 14.6 Å². The summed E-state index contributed by atoms with van der Waals surface area (Å²) in [6.07, 6.45) is 1.87. The van der Waals surface area contributed by atoms with Crippen molar-refractivity contribution >= 4 is 33.0 Å². The predicted octanol–water partition coefficient (Wildman–Crippen LogP) is 2.21. The van der Waals surface area contributed by atoms with Crippen LogP contribution in [0.25, 0.3) is 0 Å². The van der Waals surface area contributed by atoms with Gasteiger partial charge in [-0.25, -0.2) is 8.42 Å². The van der Waals surface area contributed by atoms with Gasteiger partial charge in [0.25, 0.3) is 0 Å². The molecule has 9 heteroatoms. The summed E-state index contributed by atoms with van der Waals surface area (Å²) in [7, 11) is -1.15. The Bertz CT molecular complexity index is 964. The Balaban J connectivity index is 2.34. The third kappa shape index (κ3) is 2.43. The lowest BCUT2D eigenvalue weighted by molar-refractivity contribution is -0.117. The molecule has 26 heavy (non-hydrogen) atoms. The van der Waals surface area contributed by atoms with Gasteiger partial charge in [0.2, 0.25) is 11.4 Å². The molecule has 3 rings (SSSR count). The molecule has 0 amide bonds. The lowest BCUT2D eigenvalue weighted by atomic mass is 9.77. The minimum atomic E-state index is -3.90. The SMILES string of the molecule is COc1cc(OC)c2c(c1Cl)O[C@]1(C2=O)C(S(C)(=O)=O)=CC(=O)C[C@H]1C. The van der Waals surface area contributed by atoms with Crippen LogP contribution >= 0.6 is 11.6 Å². The molecule has 0 aromatic heterocycles. The number of Topliss-reactive ketones (excluding diaryl/α,β-unsaturated/α-hetero) is 1. The van der Waals surface area contributed by atoms with Crippen LogP contribution in [0.2, 0.25) is 5.02 Å². The van der Waals surface area contributed by atoms with E-state index < -0.39 is 27.1 Å². The van der Waals surface area contributed by atoms with Crippen LogP contribution in [0.15, 0.2) is 17.0 Å². The molecule has 0 saturated carbocycles. The molecule has 1 aliphatic carbocycles. The molecular weight excluding hydrogens is 384 g/mol. The molecule has 1 aromatic rings. The molecule has 0 fully saturated rings. The summed E-state index contributed by atoms with van der Waals surface area (Å²) in [5.41, 5.74) is -1.82. The lowest BCUT2D eigenvalue weighted by Crippen LogP contribution is -2.52. The number of rotatable bonds is 3. The Kier molecular flexibility index (Phi) is 4.31. The number of benzene rings is 1. The molecule has 0 unspecified atom stereocenters. The average molecular weight is 401 g/mol. The first-order valence-corrected chi connectivity index (χ1v) is 9.98. The van der Waals surface area contributed by atoms with Gasteiger partial charge in [-0.2, -0.15) is 0 Å². The summed E-state index contributed by atoms with van der Waals surface area (Å²) < 4.78 is 41.1. The molecular formula is C17H17ClO7S. The van der Waals surface area contributed by atoms with Crippen molar-refractivity contribution in [3.05, 3.63) is 27.6 Å². The average Bonchev–Trinajstić information content (AvgIpc) is 2.86. The van der Waals surface area contributed by atoms with Gasteiger partial charge in [-0.05, 0) is 0 Å². The first-order valence-electron chi connectivity index (χ1n) is 7.71. The topological polar surface area (TPSA) is 96.0 Å². The van der Waals surface area contributed by atoms with Crippen LogP contribution in [0.5, 0.6) is 17.2 Å². The number of ketones is 2. The van der Waals surface area contributed by atoms with E-state index in [4.69, 9.17) is 25.8 Å². The number of hydrogen-bond acceptors (Lipinski definition) is 7. The quantitative estimate of drug-likeness (QED) is 0.767. The van der Waals surface area contributed by atoms with E-state index >= 15 is 0 Å². The van der Waals surface area contributed by atoms with Gasteiger partial charge >= 0.3 is 0 Å². The molecule has 7 nitrogen and oxygen atoms in total. The Morgan fingerprint density at radius 1 is 1.23 bits per heavy atom. The predicted molar refractivity (Wildman–Crippen MR) is 94.0 cm³/mol. The molecule has 1 aromatic carbocycles. The molecule has 1 aliphatic heterocycles. The number of fused-ring (bicyclic) bond motifs is 1. The molecule has 2 aliphatic rings. The fourth-order valence-electron chi connectivity index (χ4n) is 3.47. The van der Waals surface area contributed by atoms with E-state index in [1.54, 1.807) is 6.92 Å². The molecule has 0 N–H and O–H groups in total. The highest BCUT2D eigenvalue weighted by Crippen LogP contribution is 2.55. The van der Waals surface area contributed by atoms with E-state index in [0.717, 1.165) is 12.3 Å². The Morgan fingerprint density at radius 3 is 2.38 bits per heavy atom. The molecule has 1 spiro atoms. The minimum absolute atomic E-state index is 0.0105. The van der Waals surface area contributed by atoms with E-state index in [0.29, 0.717) is 0 Å². The Labute approximate surface area is 155 Å². The summed E-state index contributed by atoms with van der Waals surface area (Å²) in [4.78, 5) is 25.0. The van der Waals surface area contributed by atoms with Crippen molar-refractivity contribution in [3.8, 4) is 17.2 Å². The number of carbonyl (C=O) groups is 2. The van der Waals surface area contributed by atoms with Crippen molar-refractivity contribution in [3.63, 3.8) is 0 Å². The second kappa shape index (κ2) is 5.99. The van der Waals surface area contributed by atoms with Crippen LogP contribution in [-0.4, -0.2) is 46.1 Å². The van der Waals surface area contributed by atoms with Gasteiger partial charge in [-0.3, -0.25) is 9.59 Å². The number of halogens is 1. The van der Waals surface area contributed by atoms with E-state index in [1.165, 1.54) is 20.3 Å². The Hall–Kier alpha value is -2.06. The first-order chi connectivity index (χ1) is 12.1. The number of allylic oxidation sites excluding steroid dienone is 1. The summed E-state index contributed by atoms with van der Waals surface area (Å²) in [5.74, 6) is -1.34. The zero-order valence-corrected chi connectivity index (χ0v) is 16.2. The summed E-state index contributed by atoms with van der Waals surface area (Å²) in [6.45, 7) is 1.59. The second-order valence-electron chi connectivity index (χ2n) is 6.32. The molecule has 0 radical (unpaired) electrons. The van der Waals surface area contributed by atoms with Gasteiger partial charge < -0.3 is 14.2 Å². The zero-order valence-electron chi connectivity index (χ0n) is 14.6. The normalized spacial score (nSPS) is 25.0. The van der Waals surface area contributed by atoms with Gasteiger partial charge in [0.1, 0.15) is 22.1 Å². The first kappa shape index (κ1) is 18.7. The van der Waals surface area contributed by atoms with Crippen LogP contribution in [0.4, 0.5) is 0 Å². The van der Waals surface area contributed by atoms with Gasteiger partial charge in [0.15, 0.2) is 21.4 Å². The van der Waals surface area contributed by atoms with E-state index in [-0.39, 0.29) is 44.9 Å². The molecule has 0 bridgehead atoms. The van der Waals surface area contributed by atoms with Crippen LogP contribution in [0.1, 0.15) is 23.7 Å². The van der Waals surface area contributed by atoms with Crippen LogP contribution in [0.3, 0.4) is 0 Å². The molecule has 140 valence electrons. The maximum atomic E-state index is 13.4. The van der Waals surface area contributed by atoms with Crippen LogP contribution < -0.4 is 14.2 Å². The van der Waals surface area contributed by atoms with Crippen molar-refractivity contribution in [1.29, 1.82) is 0 Å². The molecule has 1 heterocycles. The zero-order chi connectivity index (χ0) is 19.4. The fourth-order valence-corrected chi connectivity index (χ4v) is 4.97. The van der Waals surface area contributed by atoms with Crippen molar-refractivity contribution in [2.24, 2.45) is 5.92 Å².